The first-order valence-corrected chi connectivity index (χ1v) is 18.3. The Kier molecular flexibility index (Phi) is 14.1. The number of hydrogen-bond acceptors (Lipinski definition) is 15. The molecule has 10 atom stereocenters. The van der Waals surface area contributed by atoms with Gasteiger partial charge in [-0.05, 0) is 42.2 Å². The Morgan fingerprint density at radius 3 is 2.26 bits per heavy atom. The molecule has 57 heavy (non-hydrogen) atoms. The van der Waals surface area contributed by atoms with Gasteiger partial charge in [-0.15, -0.1) is 10.2 Å². The number of allylic oxidation sites excluding steroid dienone is 1. The maximum atomic E-state index is 14.0. The second-order valence-electron chi connectivity index (χ2n) is 14.6. The second-order valence-corrected chi connectivity index (χ2v) is 14.6. The van der Waals surface area contributed by atoms with Crippen LogP contribution in [0.15, 0.2) is 59.1 Å². The van der Waals surface area contributed by atoms with Crippen molar-refractivity contribution in [2.24, 2.45) is 17.8 Å². The Morgan fingerprint density at radius 1 is 1.05 bits per heavy atom. The minimum atomic E-state index is -5.22. The van der Waals surface area contributed by atoms with Gasteiger partial charge < -0.3 is 43.1 Å². The van der Waals surface area contributed by atoms with Crippen molar-refractivity contribution in [3.63, 3.8) is 0 Å². The predicted octanol–water partition coefficient (Wildman–Crippen LogP) is 4.75. The Labute approximate surface area is 327 Å². The number of ether oxygens (including phenoxy) is 6. The van der Waals surface area contributed by atoms with Crippen LogP contribution >= 0.6 is 0 Å². The first-order chi connectivity index (χ1) is 26.7. The maximum Gasteiger partial charge on any atom is 0.470 e. The molecular formula is C39H49F3N2O13. The van der Waals surface area contributed by atoms with Crippen LogP contribution in [0.2, 0.25) is 0 Å². The van der Waals surface area contributed by atoms with Gasteiger partial charge in [-0.1, -0.05) is 77.1 Å². The summed E-state index contributed by atoms with van der Waals surface area (Å²) < 4.78 is 79.2. The standard InChI is InChI=1S/C39H49F3N2O13/c1-9-21(2)19-22(3)15-16-27(46)54-30-29(47)36(18-17-23(4)28(53-25(6)45)24(5)20-26-13-11-10-12-14-26)56-31(32-43-44-33(55-32)39(40,41)42)37(50,34(48)51-7)38(30,57-36)35(49)52-8/h10-16,21-22,24,28-31,47,50H,4,9,17-20H2,1-3,5-8H3/b16-15+/t21-,22+,24+,28+,29+,30+,31?,36-,37+,38-/m0/s1. The van der Waals surface area contributed by atoms with E-state index in [4.69, 9.17) is 32.8 Å². The number of aliphatic hydroxyl groups excluding tert-OH is 1. The molecule has 1 unspecified atom stereocenters. The molecule has 0 saturated carbocycles. The van der Waals surface area contributed by atoms with Gasteiger partial charge in [0.1, 0.15) is 12.2 Å². The molecule has 2 fully saturated rings. The fourth-order valence-corrected chi connectivity index (χ4v) is 7.32. The second kappa shape index (κ2) is 17.9. The Morgan fingerprint density at radius 2 is 1.70 bits per heavy atom. The number of aliphatic hydroxyl groups is 2. The summed E-state index contributed by atoms with van der Waals surface area (Å²) in [6.07, 6.45) is -9.66. The lowest BCUT2D eigenvalue weighted by Crippen LogP contribution is -2.74. The summed E-state index contributed by atoms with van der Waals surface area (Å²) in [6.45, 7) is 13.0. The van der Waals surface area contributed by atoms with Gasteiger partial charge in [0, 0.05) is 25.3 Å². The summed E-state index contributed by atoms with van der Waals surface area (Å²) in [6, 6.07) is 9.26. The summed E-state index contributed by atoms with van der Waals surface area (Å²) in [5.41, 5.74) is -5.79. The molecule has 3 heterocycles. The van der Waals surface area contributed by atoms with Crippen LogP contribution < -0.4 is 0 Å². The number of esters is 4. The molecule has 0 aliphatic carbocycles. The fourth-order valence-electron chi connectivity index (χ4n) is 7.32. The lowest BCUT2D eigenvalue weighted by atomic mass is 9.74. The van der Waals surface area contributed by atoms with E-state index in [9.17, 15) is 42.6 Å². The monoisotopic (exact) mass is 810 g/mol. The van der Waals surface area contributed by atoms with Gasteiger partial charge in [-0.2, -0.15) is 13.2 Å². The summed E-state index contributed by atoms with van der Waals surface area (Å²) in [5.74, 6) is -11.2. The molecule has 2 saturated heterocycles. The number of fused-ring (bicyclic) bond motifs is 2. The molecule has 15 nitrogen and oxygen atoms in total. The zero-order valence-corrected chi connectivity index (χ0v) is 32.7. The average molecular weight is 811 g/mol. The number of hydrogen-bond donors (Lipinski definition) is 2. The van der Waals surface area contributed by atoms with Crippen LogP contribution in [0.3, 0.4) is 0 Å². The van der Waals surface area contributed by atoms with Crippen molar-refractivity contribution >= 4 is 23.9 Å². The van der Waals surface area contributed by atoms with Crippen LogP contribution in [0.5, 0.6) is 0 Å². The van der Waals surface area contributed by atoms with Crippen molar-refractivity contribution in [3.8, 4) is 0 Å². The lowest BCUT2D eigenvalue weighted by Gasteiger charge is -2.49. The van der Waals surface area contributed by atoms with Gasteiger partial charge in [0.25, 0.3) is 5.60 Å². The Balaban J connectivity index is 1.85. The van der Waals surface area contributed by atoms with Gasteiger partial charge in [-0.3, -0.25) is 4.79 Å². The van der Waals surface area contributed by atoms with E-state index >= 15 is 0 Å². The molecule has 0 spiro atoms. The van der Waals surface area contributed by atoms with Crippen molar-refractivity contribution in [2.45, 2.75) is 114 Å². The Hall–Kier alpha value is -4.65. The van der Waals surface area contributed by atoms with Crippen LogP contribution in [0, 0.1) is 17.8 Å². The number of alkyl halides is 3. The molecule has 4 rings (SSSR count). The minimum Gasteiger partial charge on any atom is -0.467 e. The van der Waals surface area contributed by atoms with Crippen LogP contribution in [0.4, 0.5) is 13.2 Å². The number of methoxy groups -OCH3 is 2. The predicted molar refractivity (Wildman–Crippen MR) is 190 cm³/mol. The molecule has 2 N–H and O–H groups in total. The third-order valence-electron chi connectivity index (χ3n) is 10.3. The van der Waals surface area contributed by atoms with Crippen molar-refractivity contribution in [1.82, 2.24) is 10.2 Å². The van der Waals surface area contributed by atoms with E-state index in [0.29, 0.717) is 18.8 Å². The number of carbonyl (C=O) groups is 4. The minimum absolute atomic E-state index is 0.141. The zero-order valence-electron chi connectivity index (χ0n) is 32.7. The first kappa shape index (κ1) is 45.1. The Bertz CT molecular complexity index is 1800. The normalized spacial score (nSPS) is 27.9. The van der Waals surface area contributed by atoms with Crippen LogP contribution in [-0.2, 0) is 60.2 Å². The molecule has 18 heteroatoms. The summed E-state index contributed by atoms with van der Waals surface area (Å²) in [4.78, 5) is 53.5. The van der Waals surface area contributed by atoms with E-state index < -0.39 is 89.7 Å². The number of rotatable bonds is 17. The summed E-state index contributed by atoms with van der Waals surface area (Å²) >= 11 is 0. The van der Waals surface area contributed by atoms with Crippen molar-refractivity contribution in [2.75, 3.05) is 14.2 Å². The van der Waals surface area contributed by atoms with Gasteiger partial charge >= 0.3 is 35.9 Å². The zero-order chi connectivity index (χ0) is 42.5. The summed E-state index contributed by atoms with van der Waals surface area (Å²) in [7, 11) is 1.58. The van der Waals surface area contributed by atoms with Crippen LogP contribution in [0.1, 0.15) is 83.8 Å². The van der Waals surface area contributed by atoms with E-state index in [-0.39, 0.29) is 23.8 Å². The number of nitrogens with zero attached hydrogens (tertiary/aromatic N) is 2. The topological polar surface area (TPSA) is 203 Å². The maximum absolute atomic E-state index is 14.0. The highest BCUT2D eigenvalue weighted by Crippen LogP contribution is 2.60. The van der Waals surface area contributed by atoms with E-state index in [1.807, 2.05) is 51.1 Å². The smallest absolute Gasteiger partial charge is 0.467 e. The average Bonchev–Trinajstić information content (AvgIpc) is 3.75. The molecule has 1 aromatic heterocycles. The van der Waals surface area contributed by atoms with Crippen molar-refractivity contribution in [3.05, 3.63) is 72.0 Å². The molecule has 0 amide bonds. The molecule has 2 bridgehead atoms. The molecule has 0 radical (unpaired) electrons. The third-order valence-corrected chi connectivity index (χ3v) is 10.3. The highest BCUT2D eigenvalue weighted by molar-refractivity contribution is 5.95. The quantitative estimate of drug-likeness (QED) is 0.0958. The van der Waals surface area contributed by atoms with Crippen molar-refractivity contribution in [1.29, 1.82) is 0 Å². The number of halogens is 3. The van der Waals surface area contributed by atoms with Gasteiger partial charge in [0.2, 0.25) is 17.3 Å². The van der Waals surface area contributed by atoms with Crippen LogP contribution in [0.25, 0.3) is 0 Å². The highest BCUT2D eigenvalue weighted by atomic mass is 19.4. The van der Waals surface area contributed by atoms with E-state index in [1.165, 1.54) is 13.0 Å². The summed E-state index contributed by atoms with van der Waals surface area (Å²) in [5, 5.41) is 30.8. The number of carbonyl (C=O) groups excluding carboxylic acids is 4. The number of benzene rings is 1. The van der Waals surface area contributed by atoms with E-state index in [2.05, 4.69) is 16.8 Å². The highest BCUT2D eigenvalue weighted by Gasteiger charge is 2.86. The molecule has 2 aliphatic heterocycles. The largest absolute Gasteiger partial charge is 0.470 e. The third kappa shape index (κ3) is 9.08. The first-order valence-electron chi connectivity index (χ1n) is 18.3. The van der Waals surface area contributed by atoms with Gasteiger partial charge in [0.15, 0.2) is 12.2 Å². The molecular weight excluding hydrogens is 761 g/mol. The SMILES string of the molecule is C=C(CC[C@]12OC(c3nnc(C(F)(F)F)o3)[C@@](O)(C(=O)OC)[C@](C(=O)OC)(O1)[C@H](OC(=O)/C=C/[C@@H](C)C[C@@H](C)CC)[C@H]2O)[C@@H](OC(C)=O)[C@H](C)Cc1ccccc1. The molecule has 314 valence electrons. The van der Waals surface area contributed by atoms with Crippen molar-refractivity contribution < 1.29 is 75.4 Å². The van der Waals surface area contributed by atoms with Crippen LogP contribution in [-0.4, -0.2) is 93.8 Å². The van der Waals surface area contributed by atoms with E-state index in [0.717, 1.165) is 32.3 Å². The molecule has 1 aromatic carbocycles. The molecule has 2 aromatic rings. The van der Waals surface area contributed by atoms with Gasteiger partial charge in [0.05, 0.1) is 14.2 Å². The molecule has 2 aliphatic rings. The van der Waals surface area contributed by atoms with E-state index in [1.54, 1.807) is 6.92 Å². The number of aromatic nitrogens is 2. The lowest BCUT2D eigenvalue weighted by molar-refractivity contribution is -0.386. The van der Waals surface area contributed by atoms with Gasteiger partial charge in [-0.25, -0.2) is 14.4 Å². The fraction of sp³-hybridized carbons (Fsp3) is 0.590.